The van der Waals surface area contributed by atoms with E-state index in [0.29, 0.717) is 52.7 Å². The van der Waals surface area contributed by atoms with Gasteiger partial charge in [0.25, 0.3) is 5.91 Å². The maximum atomic E-state index is 13.6. The number of carbonyl (C=O) groups is 1. The van der Waals surface area contributed by atoms with Gasteiger partial charge in [-0.05, 0) is 48.4 Å². The average molecular weight is 446 g/mol. The van der Waals surface area contributed by atoms with E-state index < -0.39 is 0 Å². The minimum atomic E-state index is -0.167. The summed E-state index contributed by atoms with van der Waals surface area (Å²) in [4.78, 5) is 24.7. The van der Waals surface area contributed by atoms with Crippen LogP contribution < -0.4 is 4.74 Å². The van der Waals surface area contributed by atoms with Crippen LogP contribution in [0.5, 0.6) is 11.5 Å². The third-order valence-electron chi connectivity index (χ3n) is 5.75. The van der Waals surface area contributed by atoms with E-state index >= 15 is 0 Å². The van der Waals surface area contributed by atoms with Crippen LogP contribution in [0.25, 0.3) is 22.3 Å². The van der Waals surface area contributed by atoms with Gasteiger partial charge < -0.3 is 14.7 Å². The Kier molecular flexibility index (Phi) is 5.15. The number of amides is 1. The molecule has 1 amide bonds. The van der Waals surface area contributed by atoms with Crippen LogP contribution >= 0.6 is 11.6 Å². The van der Waals surface area contributed by atoms with Crippen molar-refractivity contribution in [3.63, 3.8) is 0 Å². The highest BCUT2D eigenvalue weighted by Gasteiger charge is 2.27. The second kappa shape index (κ2) is 8.13. The minimum absolute atomic E-state index is 0.148. The topological polar surface area (TPSA) is 75.6 Å². The molecule has 1 aliphatic heterocycles. The lowest BCUT2D eigenvalue weighted by molar-refractivity contribution is 0.0730. The Bertz CT molecular complexity index is 1340. The van der Waals surface area contributed by atoms with Gasteiger partial charge >= 0.3 is 0 Å². The number of methoxy groups -OCH3 is 1. The highest BCUT2D eigenvalue weighted by atomic mass is 35.5. The van der Waals surface area contributed by atoms with Crippen molar-refractivity contribution in [2.75, 3.05) is 13.7 Å². The predicted molar refractivity (Wildman–Crippen MR) is 123 cm³/mol. The lowest BCUT2D eigenvalue weighted by atomic mass is 9.97. The first kappa shape index (κ1) is 20.3. The molecule has 4 aromatic rings. The molecule has 32 heavy (non-hydrogen) atoms. The first-order valence-corrected chi connectivity index (χ1v) is 10.6. The van der Waals surface area contributed by atoms with Crippen molar-refractivity contribution in [3.05, 3.63) is 82.5 Å². The van der Waals surface area contributed by atoms with Crippen LogP contribution in [-0.4, -0.2) is 39.5 Å². The molecule has 0 spiro atoms. The second-order valence-corrected chi connectivity index (χ2v) is 8.09. The van der Waals surface area contributed by atoms with Gasteiger partial charge in [0.15, 0.2) is 17.3 Å². The smallest absolute Gasteiger partial charge is 0.273 e. The fourth-order valence-corrected chi connectivity index (χ4v) is 4.20. The molecule has 7 heteroatoms. The Morgan fingerprint density at radius 1 is 1.06 bits per heavy atom. The zero-order valence-corrected chi connectivity index (χ0v) is 18.1. The SMILES string of the molecule is COc1ccc2c(c1O)CCN(C(=O)c1nc(-c3ccc(Cl)cc3)nc3ccccc13)C2. The van der Waals surface area contributed by atoms with E-state index in [9.17, 15) is 9.90 Å². The van der Waals surface area contributed by atoms with E-state index in [2.05, 4.69) is 9.97 Å². The van der Waals surface area contributed by atoms with Crippen LogP contribution in [0, 0.1) is 0 Å². The molecule has 2 heterocycles. The Balaban J connectivity index is 1.55. The number of carbonyl (C=O) groups excluding carboxylic acids is 1. The normalized spacial score (nSPS) is 13.1. The van der Waals surface area contributed by atoms with Crippen molar-refractivity contribution in [3.8, 4) is 22.9 Å². The molecule has 0 atom stereocenters. The van der Waals surface area contributed by atoms with Crippen molar-refractivity contribution in [1.82, 2.24) is 14.9 Å². The van der Waals surface area contributed by atoms with Crippen molar-refractivity contribution in [2.24, 2.45) is 0 Å². The van der Waals surface area contributed by atoms with E-state index in [1.165, 1.54) is 7.11 Å². The quantitative estimate of drug-likeness (QED) is 0.487. The summed E-state index contributed by atoms with van der Waals surface area (Å²) in [5.41, 5.74) is 3.58. The molecule has 0 fully saturated rings. The number of halogens is 1. The summed E-state index contributed by atoms with van der Waals surface area (Å²) in [6.45, 7) is 0.863. The number of rotatable bonds is 3. The lowest BCUT2D eigenvalue weighted by Crippen LogP contribution is -2.36. The zero-order valence-electron chi connectivity index (χ0n) is 17.4. The molecular weight excluding hydrogens is 426 g/mol. The van der Waals surface area contributed by atoms with Gasteiger partial charge in [-0.25, -0.2) is 9.97 Å². The van der Waals surface area contributed by atoms with E-state index in [1.807, 2.05) is 42.5 Å². The molecule has 6 nitrogen and oxygen atoms in total. The highest BCUT2D eigenvalue weighted by Crippen LogP contribution is 2.36. The molecule has 1 aliphatic rings. The number of nitrogens with zero attached hydrogens (tertiary/aromatic N) is 3. The number of ether oxygens (including phenoxy) is 1. The number of aromatic hydroxyl groups is 1. The summed E-state index contributed by atoms with van der Waals surface area (Å²) in [6.07, 6.45) is 0.539. The minimum Gasteiger partial charge on any atom is -0.504 e. The van der Waals surface area contributed by atoms with Crippen molar-refractivity contribution >= 4 is 28.4 Å². The molecule has 0 aliphatic carbocycles. The summed E-state index contributed by atoms with van der Waals surface area (Å²) >= 11 is 6.02. The summed E-state index contributed by atoms with van der Waals surface area (Å²) in [6, 6.07) is 18.4. The van der Waals surface area contributed by atoms with Gasteiger partial charge in [-0.15, -0.1) is 0 Å². The number of fused-ring (bicyclic) bond motifs is 2. The lowest BCUT2D eigenvalue weighted by Gasteiger charge is -2.29. The second-order valence-electron chi connectivity index (χ2n) is 7.65. The molecule has 160 valence electrons. The van der Waals surface area contributed by atoms with Gasteiger partial charge in [-0.3, -0.25) is 4.79 Å². The van der Waals surface area contributed by atoms with Gasteiger partial charge in [0.1, 0.15) is 5.69 Å². The number of phenolic OH excluding ortho intramolecular Hbond substituents is 1. The van der Waals surface area contributed by atoms with Crippen LogP contribution in [0.2, 0.25) is 5.02 Å². The van der Waals surface area contributed by atoms with Gasteiger partial charge in [-0.1, -0.05) is 35.9 Å². The van der Waals surface area contributed by atoms with Gasteiger partial charge in [0, 0.05) is 34.6 Å². The predicted octanol–water partition coefficient (Wildman–Crippen LogP) is 4.86. The van der Waals surface area contributed by atoms with E-state index in [0.717, 1.165) is 16.7 Å². The maximum Gasteiger partial charge on any atom is 0.273 e. The fraction of sp³-hybridized carbons (Fsp3) is 0.160. The fourth-order valence-electron chi connectivity index (χ4n) is 4.07. The number of hydrogen-bond acceptors (Lipinski definition) is 5. The number of benzene rings is 3. The summed E-state index contributed by atoms with van der Waals surface area (Å²) < 4.78 is 5.21. The molecule has 1 aromatic heterocycles. The Hall–Kier alpha value is -3.64. The van der Waals surface area contributed by atoms with Crippen molar-refractivity contribution in [1.29, 1.82) is 0 Å². The summed E-state index contributed by atoms with van der Waals surface area (Å²) in [7, 11) is 1.53. The van der Waals surface area contributed by atoms with Crippen molar-refractivity contribution < 1.29 is 14.6 Å². The van der Waals surface area contributed by atoms with Crippen molar-refractivity contribution in [2.45, 2.75) is 13.0 Å². The van der Waals surface area contributed by atoms with E-state index in [-0.39, 0.29) is 11.7 Å². The van der Waals surface area contributed by atoms with E-state index in [4.69, 9.17) is 16.3 Å². The molecule has 5 rings (SSSR count). The summed E-state index contributed by atoms with van der Waals surface area (Å²) in [5.74, 6) is 0.899. The third kappa shape index (κ3) is 3.52. The average Bonchev–Trinajstić information content (AvgIpc) is 2.83. The molecular formula is C25H20ClN3O3. The van der Waals surface area contributed by atoms with E-state index in [1.54, 1.807) is 23.1 Å². The van der Waals surface area contributed by atoms with Crippen LogP contribution in [0.4, 0.5) is 0 Å². The molecule has 0 saturated heterocycles. The molecule has 1 N–H and O–H groups in total. The van der Waals surface area contributed by atoms with Crippen LogP contribution in [0.15, 0.2) is 60.7 Å². The van der Waals surface area contributed by atoms with Crippen LogP contribution in [0.3, 0.4) is 0 Å². The van der Waals surface area contributed by atoms with Crippen LogP contribution in [0.1, 0.15) is 21.6 Å². The first-order valence-electron chi connectivity index (χ1n) is 10.2. The monoisotopic (exact) mass is 445 g/mol. The molecule has 0 unspecified atom stereocenters. The Morgan fingerprint density at radius 2 is 1.84 bits per heavy atom. The molecule has 0 radical (unpaired) electrons. The molecule has 3 aromatic carbocycles. The standard InChI is InChI=1S/C25H20ClN3O3/c1-32-21-11-8-16-14-29(13-12-18(16)23(21)30)25(31)22-19-4-2-3-5-20(19)27-24(28-22)15-6-9-17(26)10-7-15/h2-11,30H,12-14H2,1H3. The van der Waals surface area contributed by atoms with Gasteiger partial charge in [-0.2, -0.15) is 0 Å². The zero-order chi connectivity index (χ0) is 22.2. The summed E-state index contributed by atoms with van der Waals surface area (Å²) in [5, 5.41) is 11.8. The number of hydrogen-bond donors (Lipinski definition) is 1. The Morgan fingerprint density at radius 3 is 2.62 bits per heavy atom. The molecule has 0 saturated carbocycles. The molecule has 0 bridgehead atoms. The number of aromatic nitrogens is 2. The third-order valence-corrected chi connectivity index (χ3v) is 6.00. The highest BCUT2D eigenvalue weighted by molar-refractivity contribution is 6.30. The Labute approximate surface area is 190 Å². The van der Waals surface area contributed by atoms with Gasteiger partial charge in [0.2, 0.25) is 0 Å². The van der Waals surface area contributed by atoms with Gasteiger partial charge in [0.05, 0.1) is 12.6 Å². The first-order chi connectivity index (χ1) is 15.5. The van der Waals surface area contributed by atoms with Crippen LogP contribution in [-0.2, 0) is 13.0 Å². The number of phenols is 1. The number of para-hydroxylation sites is 1. The largest absolute Gasteiger partial charge is 0.504 e. The maximum absolute atomic E-state index is 13.6.